The monoisotopic (exact) mass is 476 g/mol. The highest BCUT2D eigenvalue weighted by Gasteiger charge is 2.23. The van der Waals surface area contributed by atoms with Gasteiger partial charge in [-0.1, -0.05) is 44.2 Å². The molecule has 4 rings (SSSR count). The molecule has 1 aromatic heterocycles. The third-order valence-corrected chi connectivity index (χ3v) is 6.79. The van der Waals surface area contributed by atoms with E-state index in [1.807, 2.05) is 37.2 Å². The van der Waals surface area contributed by atoms with E-state index >= 15 is 0 Å². The van der Waals surface area contributed by atoms with Crippen LogP contribution in [0.25, 0.3) is 10.9 Å². The standard InChI is InChI=1S/C27H36N6S/c1-17(2)21-11-8-9-18(3)24(21)31-27(34)29-20-15-13-19(14-16-20)28-26-30-23-12-7-6-10-22(23)25(32-26)33(4)5/h6-12,17,19-20H,13-16H2,1-5H3,(H,28,30,32)(H2,29,31,34)/t19-,20+. The molecule has 1 fully saturated rings. The van der Waals surface area contributed by atoms with E-state index in [0.717, 1.165) is 48.1 Å². The summed E-state index contributed by atoms with van der Waals surface area (Å²) < 4.78 is 0. The molecule has 7 heteroatoms. The lowest BCUT2D eigenvalue weighted by Crippen LogP contribution is -2.42. The van der Waals surface area contributed by atoms with Gasteiger partial charge in [0, 0.05) is 37.3 Å². The zero-order valence-corrected chi connectivity index (χ0v) is 21.7. The van der Waals surface area contributed by atoms with Crippen molar-refractivity contribution < 1.29 is 0 Å². The molecule has 6 nitrogen and oxygen atoms in total. The lowest BCUT2D eigenvalue weighted by Gasteiger charge is -2.31. The maximum Gasteiger partial charge on any atom is 0.225 e. The molecule has 0 amide bonds. The van der Waals surface area contributed by atoms with Gasteiger partial charge in [0.2, 0.25) is 5.95 Å². The molecule has 1 aliphatic carbocycles. The first-order valence-electron chi connectivity index (χ1n) is 12.2. The molecule has 3 N–H and O–H groups in total. The molecule has 0 aliphatic heterocycles. The van der Waals surface area contributed by atoms with Crippen LogP contribution in [0.2, 0.25) is 0 Å². The number of aryl methyl sites for hydroxylation is 1. The third-order valence-electron chi connectivity index (χ3n) is 6.57. The lowest BCUT2D eigenvalue weighted by molar-refractivity contribution is 0.387. The van der Waals surface area contributed by atoms with Gasteiger partial charge in [-0.25, -0.2) is 4.98 Å². The molecule has 180 valence electrons. The van der Waals surface area contributed by atoms with Gasteiger partial charge < -0.3 is 20.9 Å². The Hall–Kier alpha value is -2.93. The smallest absolute Gasteiger partial charge is 0.225 e. The quantitative estimate of drug-likeness (QED) is 0.386. The van der Waals surface area contributed by atoms with Crippen molar-refractivity contribution in [1.29, 1.82) is 0 Å². The zero-order chi connectivity index (χ0) is 24.2. The highest BCUT2D eigenvalue weighted by molar-refractivity contribution is 7.80. The summed E-state index contributed by atoms with van der Waals surface area (Å²) in [6.45, 7) is 6.56. The van der Waals surface area contributed by atoms with Crippen LogP contribution in [-0.4, -0.2) is 41.3 Å². The van der Waals surface area contributed by atoms with Crippen LogP contribution in [0.3, 0.4) is 0 Å². The van der Waals surface area contributed by atoms with Crippen molar-refractivity contribution in [3.63, 3.8) is 0 Å². The lowest BCUT2D eigenvalue weighted by atomic mass is 9.91. The molecule has 1 heterocycles. The SMILES string of the molecule is Cc1cccc(C(C)C)c1NC(=S)N[C@H]1CC[C@@H](Nc2nc(N(C)C)c3ccccc3n2)CC1. The van der Waals surface area contributed by atoms with Crippen LogP contribution in [0.1, 0.15) is 56.6 Å². The van der Waals surface area contributed by atoms with E-state index in [4.69, 9.17) is 22.2 Å². The Morgan fingerprint density at radius 3 is 2.38 bits per heavy atom. The Labute approximate surface area is 208 Å². The molecule has 3 aromatic rings. The van der Waals surface area contributed by atoms with Gasteiger partial charge in [0.05, 0.1) is 5.52 Å². The predicted molar refractivity (Wildman–Crippen MR) is 148 cm³/mol. The van der Waals surface area contributed by atoms with E-state index < -0.39 is 0 Å². The minimum atomic E-state index is 0.361. The highest BCUT2D eigenvalue weighted by Crippen LogP contribution is 2.28. The second-order valence-corrected chi connectivity index (χ2v) is 10.2. The normalized spacial score (nSPS) is 18.1. The van der Waals surface area contributed by atoms with Gasteiger partial charge in [-0.2, -0.15) is 4.98 Å². The fourth-order valence-corrected chi connectivity index (χ4v) is 4.98. The average Bonchev–Trinajstić information content (AvgIpc) is 2.81. The second kappa shape index (κ2) is 10.6. The van der Waals surface area contributed by atoms with Crippen molar-refractivity contribution in [2.75, 3.05) is 29.6 Å². The van der Waals surface area contributed by atoms with Crippen molar-refractivity contribution in [2.45, 2.75) is 64.5 Å². The Morgan fingerprint density at radius 1 is 0.971 bits per heavy atom. The fraction of sp³-hybridized carbons (Fsp3) is 0.444. The number of rotatable bonds is 6. The third kappa shape index (κ3) is 5.58. The Bertz CT molecular complexity index is 1150. The largest absolute Gasteiger partial charge is 0.362 e. The van der Waals surface area contributed by atoms with Gasteiger partial charge in [0.25, 0.3) is 0 Å². The molecule has 0 bridgehead atoms. The van der Waals surface area contributed by atoms with E-state index in [1.165, 1.54) is 11.1 Å². The molecule has 1 aliphatic rings. The van der Waals surface area contributed by atoms with E-state index in [2.05, 4.69) is 61.0 Å². The van der Waals surface area contributed by atoms with Gasteiger partial charge in [-0.3, -0.25) is 0 Å². The maximum atomic E-state index is 5.68. The van der Waals surface area contributed by atoms with E-state index in [1.54, 1.807) is 0 Å². The molecule has 0 radical (unpaired) electrons. The molecule has 2 aromatic carbocycles. The first kappa shape index (κ1) is 24.2. The number of anilines is 3. The van der Waals surface area contributed by atoms with Crippen molar-refractivity contribution in [3.8, 4) is 0 Å². The fourth-order valence-electron chi connectivity index (χ4n) is 4.71. The van der Waals surface area contributed by atoms with Crippen LogP contribution >= 0.6 is 12.2 Å². The minimum absolute atomic E-state index is 0.361. The minimum Gasteiger partial charge on any atom is -0.362 e. The summed E-state index contributed by atoms with van der Waals surface area (Å²) in [5, 5.41) is 12.4. The Kier molecular flexibility index (Phi) is 7.51. The molecule has 34 heavy (non-hydrogen) atoms. The van der Waals surface area contributed by atoms with E-state index in [9.17, 15) is 0 Å². The summed E-state index contributed by atoms with van der Waals surface area (Å²) in [6, 6.07) is 15.3. The van der Waals surface area contributed by atoms with Gasteiger partial charge in [-0.15, -0.1) is 0 Å². The van der Waals surface area contributed by atoms with Crippen molar-refractivity contribution >= 4 is 45.7 Å². The van der Waals surface area contributed by atoms with Crippen molar-refractivity contribution in [1.82, 2.24) is 15.3 Å². The van der Waals surface area contributed by atoms with E-state index in [-0.39, 0.29) is 0 Å². The van der Waals surface area contributed by atoms with Crippen LogP contribution in [0, 0.1) is 6.92 Å². The summed E-state index contributed by atoms with van der Waals surface area (Å²) in [6.07, 6.45) is 4.21. The molecule has 1 saturated carbocycles. The average molecular weight is 477 g/mol. The number of nitrogens with one attached hydrogen (secondary N) is 3. The second-order valence-electron chi connectivity index (χ2n) is 9.77. The van der Waals surface area contributed by atoms with Gasteiger partial charge in [-0.05, 0) is 74.0 Å². The summed E-state index contributed by atoms with van der Waals surface area (Å²) >= 11 is 5.68. The molecule has 0 spiro atoms. The number of nitrogens with zero attached hydrogens (tertiary/aromatic N) is 3. The number of aromatic nitrogens is 2. The van der Waals surface area contributed by atoms with Gasteiger partial charge >= 0.3 is 0 Å². The number of hydrogen-bond donors (Lipinski definition) is 3. The highest BCUT2D eigenvalue weighted by atomic mass is 32.1. The predicted octanol–water partition coefficient (Wildman–Crippen LogP) is 5.84. The van der Waals surface area contributed by atoms with Crippen LogP contribution in [0.5, 0.6) is 0 Å². The van der Waals surface area contributed by atoms with Crippen LogP contribution in [0.15, 0.2) is 42.5 Å². The van der Waals surface area contributed by atoms with Crippen LogP contribution in [0.4, 0.5) is 17.5 Å². The molecule has 0 unspecified atom stereocenters. The Morgan fingerprint density at radius 2 is 1.68 bits per heavy atom. The zero-order valence-electron chi connectivity index (χ0n) is 20.9. The number of para-hydroxylation sites is 2. The van der Waals surface area contributed by atoms with Crippen LogP contribution < -0.4 is 20.9 Å². The summed E-state index contributed by atoms with van der Waals surface area (Å²) in [5.41, 5.74) is 4.61. The summed E-state index contributed by atoms with van der Waals surface area (Å²) in [4.78, 5) is 11.6. The summed E-state index contributed by atoms with van der Waals surface area (Å²) in [7, 11) is 4.04. The molecular weight excluding hydrogens is 440 g/mol. The molecular formula is C27H36N6S. The Balaban J connectivity index is 1.34. The number of hydrogen-bond acceptors (Lipinski definition) is 5. The van der Waals surface area contributed by atoms with Crippen LogP contribution in [-0.2, 0) is 0 Å². The topological polar surface area (TPSA) is 65.1 Å². The van der Waals surface area contributed by atoms with Gasteiger partial charge in [0.15, 0.2) is 5.11 Å². The number of thiocarbonyl (C=S) groups is 1. The first-order chi connectivity index (χ1) is 16.3. The number of benzene rings is 2. The van der Waals surface area contributed by atoms with Crippen molar-refractivity contribution in [3.05, 3.63) is 53.6 Å². The first-order valence-corrected chi connectivity index (χ1v) is 12.6. The van der Waals surface area contributed by atoms with E-state index in [0.29, 0.717) is 29.1 Å². The number of fused-ring (bicyclic) bond motifs is 1. The molecule has 0 atom stereocenters. The summed E-state index contributed by atoms with van der Waals surface area (Å²) in [5.74, 6) is 2.09. The van der Waals surface area contributed by atoms with Crippen molar-refractivity contribution in [2.24, 2.45) is 0 Å². The molecule has 0 saturated heterocycles. The maximum absolute atomic E-state index is 5.68. The van der Waals surface area contributed by atoms with Gasteiger partial charge in [0.1, 0.15) is 5.82 Å².